The topological polar surface area (TPSA) is 59.1 Å². The molecule has 8 heteroatoms. The molecule has 0 aromatic heterocycles. The number of benzene rings is 1. The molecule has 0 saturated heterocycles. The molecule has 0 unspecified atom stereocenters. The summed E-state index contributed by atoms with van der Waals surface area (Å²) in [4.78, 5) is 0. The molecule has 0 aliphatic heterocycles. The van der Waals surface area contributed by atoms with Gasteiger partial charge in [0.1, 0.15) is 5.84 Å². The Labute approximate surface area is 105 Å². The van der Waals surface area contributed by atoms with Crippen molar-refractivity contribution in [3.63, 3.8) is 0 Å². The van der Waals surface area contributed by atoms with E-state index in [1.165, 1.54) is 12.1 Å². The summed E-state index contributed by atoms with van der Waals surface area (Å²) in [5.74, 6) is -1.55. The molecule has 100 valence electrons. The lowest BCUT2D eigenvalue weighted by Gasteiger charge is -2.09. The maximum Gasteiger partial charge on any atom is 0.441 e. The summed E-state index contributed by atoms with van der Waals surface area (Å²) in [6, 6.07) is 3.58. The van der Waals surface area contributed by atoms with E-state index < -0.39 is 11.3 Å². The van der Waals surface area contributed by atoms with Crippen LogP contribution in [0.1, 0.15) is 5.56 Å². The number of hydrogen-bond donors (Lipinski definition) is 2. The number of ether oxygens (including phenoxy) is 1. The first-order valence-electron chi connectivity index (χ1n) is 4.77. The molecule has 0 saturated carbocycles. The number of amidine groups is 1. The minimum atomic E-state index is -4.32. The zero-order valence-electron chi connectivity index (χ0n) is 9.05. The summed E-state index contributed by atoms with van der Waals surface area (Å²) < 4.78 is 53.6. The molecule has 0 heterocycles. The number of thioether (sulfide) groups is 1. The summed E-state index contributed by atoms with van der Waals surface area (Å²) >= 11 is -0.235. The molecule has 18 heavy (non-hydrogen) atoms. The molecular formula is C10H10F4N2OS. The number of rotatable bonds is 5. The van der Waals surface area contributed by atoms with Gasteiger partial charge in [-0.05, 0) is 30.0 Å². The monoisotopic (exact) mass is 282 g/mol. The molecule has 3 nitrogen and oxygen atoms in total. The third-order valence-electron chi connectivity index (χ3n) is 1.85. The van der Waals surface area contributed by atoms with Crippen LogP contribution in [0.2, 0.25) is 0 Å². The summed E-state index contributed by atoms with van der Waals surface area (Å²) in [5.41, 5.74) is 1.02. The van der Waals surface area contributed by atoms with Crippen molar-refractivity contribution in [3.8, 4) is 5.75 Å². The first-order valence-corrected chi connectivity index (χ1v) is 5.75. The fourth-order valence-corrected chi connectivity index (χ4v) is 1.49. The van der Waals surface area contributed by atoms with Crippen LogP contribution < -0.4 is 10.5 Å². The fourth-order valence-electron chi connectivity index (χ4n) is 1.09. The Morgan fingerprint density at radius 3 is 2.56 bits per heavy atom. The van der Waals surface area contributed by atoms with E-state index in [4.69, 9.17) is 15.9 Å². The lowest BCUT2D eigenvalue weighted by atomic mass is 10.2. The highest BCUT2D eigenvalue weighted by Gasteiger charge is 2.27. The highest BCUT2D eigenvalue weighted by molar-refractivity contribution is 8.00. The maximum atomic E-state index is 13.4. The van der Waals surface area contributed by atoms with Gasteiger partial charge in [0.25, 0.3) is 0 Å². The molecule has 0 fully saturated rings. The molecule has 0 spiro atoms. The fraction of sp³-hybridized carbons (Fsp3) is 0.300. The molecule has 0 aliphatic carbocycles. The summed E-state index contributed by atoms with van der Waals surface area (Å²) in [6.45, 7) is -0.263. The lowest BCUT2D eigenvalue weighted by molar-refractivity contribution is -0.0329. The van der Waals surface area contributed by atoms with Gasteiger partial charge in [0.05, 0.1) is 6.61 Å². The van der Waals surface area contributed by atoms with Crippen LogP contribution in [-0.2, 0) is 0 Å². The molecule has 1 aromatic carbocycles. The van der Waals surface area contributed by atoms with Crippen molar-refractivity contribution in [2.45, 2.75) is 5.51 Å². The first-order chi connectivity index (χ1) is 8.29. The van der Waals surface area contributed by atoms with Gasteiger partial charge in [0.2, 0.25) is 0 Å². The van der Waals surface area contributed by atoms with Crippen molar-refractivity contribution in [3.05, 3.63) is 29.6 Å². The number of nitrogen functional groups attached to an aromatic ring is 1. The maximum absolute atomic E-state index is 13.4. The Hall–Kier alpha value is -1.44. The Morgan fingerprint density at radius 2 is 2.06 bits per heavy atom. The van der Waals surface area contributed by atoms with E-state index in [2.05, 4.69) is 0 Å². The molecule has 0 bridgehead atoms. The summed E-state index contributed by atoms with van der Waals surface area (Å²) in [5, 5.41) is 7.08. The van der Waals surface area contributed by atoms with Crippen LogP contribution >= 0.6 is 11.8 Å². The minimum Gasteiger partial charge on any atom is -0.490 e. The molecule has 0 atom stereocenters. The minimum absolute atomic E-state index is 0.164. The van der Waals surface area contributed by atoms with Crippen molar-refractivity contribution >= 4 is 17.6 Å². The van der Waals surface area contributed by atoms with E-state index in [1.54, 1.807) is 0 Å². The molecule has 1 rings (SSSR count). The van der Waals surface area contributed by atoms with E-state index in [0.29, 0.717) is 0 Å². The quantitative estimate of drug-likeness (QED) is 0.378. The lowest BCUT2D eigenvalue weighted by Crippen LogP contribution is -2.12. The van der Waals surface area contributed by atoms with Crippen molar-refractivity contribution in [1.29, 1.82) is 5.41 Å². The number of alkyl halides is 3. The third-order valence-corrected chi connectivity index (χ3v) is 2.55. The Kier molecular flexibility index (Phi) is 4.83. The summed E-state index contributed by atoms with van der Waals surface area (Å²) in [6.07, 6.45) is 0. The van der Waals surface area contributed by atoms with Crippen molar-refractivity contribution in [2.24, 2.45) is 5.73 Å². The van der Waals surface area contributed by atoms with E-state index in [1.807, 2.05) is 0 Å². The number of hydrogen-bond acceptors (Lipinski definition) is 3. The molecule has 0 amide bonds. The molecule has 0 radical (unpaired) electrons. The second kappa shape index (κ2) is 5.94. The van der Waals surface area contributed by atoms with Crippen LogP contribution in [0.5, 0.6) is 5.75 Å². The number of halogens is 4. The largest absolute Gasteiger partial charge is 0.490 e. The van der Waals surface area contributed by atoms with Gasteiger partial charge in [-0.1, -0.05) is 0 Å². The molecule has 0 aliphatic rings. The highest BCUT2D eigenvalue weighted by atomic mass is 32.2. The van der Waals surface area contributed by atoms with Gasteiger partial charge in [-0.25, -0.2) is 4.39 Å². The second-order valence-corrected chi connectivity index (χ2v) is 4.36. The smallest absolute Gasteiger partial charge is 0.441 e. The SMILES string of the molecule is N=C(N)c1ccc(OCCSC(F)(F)F)c(F)c1. The summed E-state index contributed by atoms with van der Waals surface area (Å²) in [7, 11) is 0. The van der Waals surface area contributed by atoms with E-state index >= 15 is 0 Å². The Morgan fingerprint density at radius 1 is 1.39 bits per heavy atom. The van der Waals surface area contributed by atoms with Crippen LogP contribution in [0.4, 0.5) is 17.6 Å². The average molecular weight is 282 g/mol. The van der Waals surface area contributed by atoms with Crippen molar-refractivity contribution in [1.82, 2.24) is 0 Å². The third kappa shape index (κ3) is 4.82. The van der Waals surface area contributed by atoms with Gasteiger partial charge >= 0.3 is 5.51 Å². The molecular weight excluding hydrogens is 272 g/mol. The number of nitrogens with one attached hydrogen (secondary N) is 1. The normalized spacial score (nSPS) is 11.3. The van der Waals surface area contributed by atoms with Crippen LogP contribution in [-0.4, -0.2) is 23.7 Å². The van der Waals surface area contributed by atoms with Crippen molar-refractivity contribution in [2.75, 3.05) is 12.4 Å². The van der Waals surface area contributed by atoms with Gasteiger partial charge in [0, 0.05) is 11.3 Å². The van der Waals surface area contributed by atoms with Gasteiger partial charge in [0.15, 0.2) is 11.6 Å². The van der Waals surface area contributed by atoms with Crippen LogP contribution in [0, 0.1) is 11.2 Å². The predicted molar refractivity (Wildman–Crippen MR) is 61.4 cm³/mol. The number of nitrogens with two attached hydrogens (primary N) is 1. The van der Waals surface area contributed by atoms with Crippen LogP contribution in [0.15, 0.2) is 18.2 Å². The Balaban J connectivity index is 2.51. The van der Waals surface area contributed by atoms with E-state index in [-0.39, 0.29) is 41.3 Å². The average Bonchev–Trinajstić information content (AvgIpc) is 2.24. The van der Waals surface area contributed by atoms with E-state index in [0.717, 1.165) is 6.07 Å². The predicted octanol–water partition coefficient (Wildman–Crippen LogP) is 2.74. The van der Waals surface area contributed by atoms with Crippen LogP contribution in [0.25, 0.3) is 0 Å². The molecule has 1 aromatic rings. The van der Waals surface area contributed by atoms with Crippen LogP contribution in [0.3, 0.4) is 0 Å². The standard InChI is InChI=1S/C10H10F4N2OS/c11-7-5-6(9(15)16)1-2-8(7)17-3-4-18-10(12,13)14/h1-2,5H,3-4H2,(H3,15,16). The van der Waals surface area contributed by atoms with Gasteiger partial charge in [-0.2, -0.15) is 13.2 Å². The van der Waals surface area contributed by atoms with E-state index in [9.17, 15) is 17.6 Å². The van der Waals surface area contributed by atoms with Gasteiger partial charge < -0.3 is 10.5 Å². The van der Waals surface area contributed by atoms with Gasteiger partial charge in [-0.15, -0.1) is 0 Å². The van der Waals surface area contributed by atoms with Gasteiger partial charge in [-0.3, -0.25) is 5.41 Å². The first kappa shape index (κ1) is 14.6. The second-order valence-electron chi connectivity index (χ2n) is 3.20. The molecule has 3 N–H and O–H groups in total. The zero-order valence-corrected chi connectivity index (χ0v) is 9.87. The highest BCUT2D eigenvalue weighted by Crippen LogP contribution is 2.30. The Bertz CT molecular complexity index is 436. The van der Waals surface area contributed by atoms with Crippen molar-refractivity contribution < 1.29 is 22.3 Å². The zero-order chi connectivity index (χ0) is 13.8.